The number of fused-ring (bicyclic) bond motifs is 1. The van der Waals surface area contributed by atoms with E-state index >= 15 is 0 Å². The Kier molecular flexibility index (Phi) is 5.75. The van der Waals surface area contributed by atoms with Crippen LogP contribution in [0.3, 0.4) is 0 Å². The van der Waals surface area contributed by atoms with Gasteiger partial charge in [0.15, 0.2) is 0 Å². The van der Waals surface area contributed by atoms with Crippen LogP contribution in [0.5, 0.6) is 0 Å². The van der Waals surface area contributed by atoms with Gasteiger partial charge in [0.05, 0.1) is 17.3 Å². The van der Waals surface area contributed by atoms with Gasteiger partial charge in [-0.1, -0.05) is 6.92 Å². The zero-order chi connectivity index (χ0) is 20.7. The molecule has 6 nitrogen and oxygen atoms in total. The molecule has 2 aromatic heterocycles. The third kappa shape index (κ3) is 3.77. The molecule has 2 heterocycles. The maximum absolute atomic E-state index is 13.2. The summed E-state index contributed by atoms with van der Waals surface area (Å²) in [5.74, 6) is 0. The zero-order valence-electron chi connectivity index (χ0n) is 16.0. The Bertz CT molecular complexity index is 986. The number of nitrogens with one attached hydrogen (secondary N) is 1. The van der Waals surface area contributed by atoms with Gasteiger partial charge >= 0.3 is 11.9 Å². The Morgan fingerprint density at radius 2 is 1.96 bits per heavy atom. The van der Waals surface area contributed by atoms with Crippen LogP contribution < -0.4 is 22.3 Å². The molecule has 0 spiro atoms. The largest absolute Gasteiger partial charge is 0.390 e. The Morgan fingerprint density at radius 1 is 1.29 bits per heavy atom. The Balaban J connectivity index is 2.21. The minimum absolute atomic E-state index is 0.324. The molecular formula is C18H25F3N4O2S. The van der Waals surface area contributed by atoms with E-state index in [9.17, 15) is 22.8 Å². The van der Waals surface area contributed by atoms with Gasteiger partial charge in [0, 0.05) is 31.1 Å². The summed E-state index contributed by atoms with van der Waals surface area (Å²) >= 11 is 1.21. The van der Waals surface area contributed by atoms with Crippen molar-refractivity contribution in [3.63, 3.8) is 0 Å². The lowest BCUT2D eigenvalue weighted by Crippen LogP contribution is -2.45. The number of rotatable bonds is 8. The van der Waals surface area contributed by atoms with E-state index in [0.29, 0.717) is 49.1 Å². The van der Waals surface area contributed by atoms with Crippen molar-refractivity contribution in [2.45, 2.75) is 64.3 Å². The van der Waals surface area contributed by atoms with E-state index < -0.39 is 30.4 Å². The third-order valence-corrected chi connectivity index (χ3v) is 6.81. The summed E-state index contributed by atoms with van der Waals surface area (Å²) in [5, 5.41) is 3.50. The van der Waals surface area contributed by atoms with Crippen molar-refractivity contribution in [2.24, 2.45) is 5.73 Å². The topological polar surface area (TPSA) is 82.0 Å². The second-order valence-corrected chi connectivity index (χ2v) is 8.40. The van der Waals surface area contributed by atoms with Gasteiger partial charge in [-0.2, -0.15) is 13.2 Å². The van der Waals surface area contributed by atoms with Crippen LogP contribution in [0.15, 0.2) is 9.59 Å². The van der Waals surface area contributed by atoms with Crippen LogP contribution in [0.25, 0.3) is 10.2 Å². The molecule has 0 aromatic carbocycles. The molecule has 0 radical (unpaired) electrons. The average Bonchev–Trinajstić information content (AvgIpc) is 3.33. The van der Waals surface area contributed by atoms with Gasteiger partial charge in [-0.15, -0.1) is 11.3 Å². The number of nitrogens with zero attached hydrogens (tertiary/aromatic N) is 2. The maximum Gasteiger partial charge on any atom is 0.390 e. The molecule has 1 aliphatic carbocycles. The lowest BCUT2D eigenvalue weighted by Gasteiger charge is -2.19. The summed E-state index contributed by atoms with van der Waals surface area (Å²) in [4.78, 5) is 27.4. The van der Waals surface area contributed by atoms with Crippen LogP contribution in [-0.2, 0) is 18.6 Å². The smallest absolute Gasteiger partial charge is 0.329 e. The fourth-order valence-electron chi connectivity index (χ4n) is 3.60. The van der Waals surface area contributed by atoms with Gasteiger partial charge in [-0.3, -0.25) is 13.9 Å². The highest BCUT2D eigenvalue weighted by Crippen LogP contribution is 2.45. The number of hydrogen-bond donors (Lipinski definition) is 2. The number of aromatic nitrogens is 2. The van der Waals surface area contributed by atoms with Crippen molar-refractivity contribution in [2.75, 3.05) is 13.1 Å². The number of nitrogens with two attached hydrogens (primary N) is 1. The molecule has 10 heteroatoms. The van der Waals surface area contributed by atoms with E-state index in [-0.39, 0.29) is 5.56 Å². The lowest BCUT2D eigenvalue weighted by molar-refractivity contribution is -0.136. The first kappa shape index (κ1) is 21.1. The predicted molar refractivity (Wildman–Crippen MR) is 104 cm³/mol. The monoisotopic (exact) mass is 418 g/mol. The first-order valence-electron chi connectivity index (χ1n) is 9.41. The first-order chi connectivity index (χ1) is 13.1. The molecule has 1 saturated carbocycles. The second-order valence-electron chi connectivity index (χ2n) is 7.31. The molecule has 3 N–H and O–H groups in total. The minimum atomic E-state index is -4.38. The Hall–Kier alpha value is -1.65. The van der Waals surface area contributed by atoms with E-state index in [4.69, 9.17) is 5.73 Å². The molecule has 0 atom stereocenters. The quantitative estimate of drug-likeness (QED) is 0.645. The average molecular weight is 418 g/mol. The number of hydrogen-bond acceptors (Lipinski definition) is 5. The van der Waals surface area contributed by atoms with E-state index in [1.807, 2.05) is 6.92 Å². The fraction of sp³-hybridized carbons (Fsp3) is 0.667. The summed E-state index contributed by atoms with van der Waals surface area (Å²) in [6.07, 6.45) is -3.51. The molecule has 0 bridgehead atoms. The number of alkyl halides is 3. The molecule has 0 aliphatic heterocycles. The van der Waals surface area contributed by atoms with Crippen LogP contribution in [0.4, 0.5) is 13.2 Å². The molecule has 156 valence electrons. The van der Waals surface area contributed by atoms with Crippen LogP contribution >= 0.6 is 11.3 Å². The van der Waals surface area contributed by atoms with Crippen molar-refractivity contribution >= 4 is 21.6 Å². The number of thiophene rings is 1. The molecular weight excluding hydrogens is 393 g/mol. The number of halogens is 3. The highest BCUT2D eigenvalue weighted by Gasteiger charge is 2.46. The van der Waals surface area contributed by atoms with Crippen LogP contribution in [0, 0.1) is 6.92 Å². The van der Waals surface area contributed by atoms with E-state index in [1.165, 1.54) is 15.9 Å². The minimum Gasteiger partial charge on any atom is -0.329 e. The van der Waals surface area contributed by atoms with Crippen molar-refractivity contribution in [3.05, 3.63) is 31.3 Å². The van der Waals surface area contributed by atoms with Crippen molar-refractivity contribution in [3.8, 4) is 0 Å². The highest BCUT2D eigenvalue weighted by molar-refractivity contribution is 7.18. The standard InChI is InChI=1S/C18H25F3N4O2S/c1-3-17(4-5-17)25-14(26)13-11(2)12(10-23-8-7-22)28-15(13)24(16(25)27)9-6-18(19,20)21/h23H,3-10,22H2,1-2H3. The molecule has 0 unspecified atom stereocenters. The van der Waals surface area contributed by atoms with Crippen molar-refractivity contribution in [1.82, 2.24) is 14.5 Å². The summed E-state index contributed by atoms with van der Waals surface area (Å²) in [6, 6.07) is 0. The number of aryl methyl sites for hydroxylation is 2. The van der Waals surface area contributed by atoms with Gasteiger partial charge < -0.3 is 11.1 Å². The molecule has 2 aromatic rings. The predicted octanol–water partition coefficient (Wildman–Crippen LogP) is 2.43. The fourth-order valence-corrected chi connectivity index (χ4v) is 4.88. The molecule has 1 aliphatic rings. The van der Waals surface area contributed by atoms with Gasteiger partial charge in [0.1, 0.15) is 4.83 Å². The first-order valence-corrected chi connectivity index (χ1v) is 10.2. The molecule has 1 fully saturated rings. The zero-order valence-corrected chi connectivity index (χ0v) is 16.8. The summed E-state index contributed by atoms with van der Waals surface area (Å²) < 4.78 is 40.9. The highest BCUT2D eigenvalue weighted by atomic mass is 32.1. The summed E-state index contributed by atoms with van der Waals surface area (Å²) in [7, 11) is 0. The maximum atomic E-state index is 13.2. The van der Waals surface area contributed by atoms with Crippen LogP contribution in [-0.4, -0.2) is 28.4 Å². The summed E-state index contributed by atoms with van der Waals surface area (Å²) in [5.41, 5.74) is 4.61. The SMILES string of the molecule is CCC1(n2c(=O)c3c(C)c(CNCCN)sc3n(CCC(F)(F)F)c2=O)CC1. The second kappa shape index (κ2) is 7.64. The van der Waals surface area contributed by atoms with Crippen molar-refractivity contribution in [1.29, 1.82) is 0 Å². The summed E-state index contributed by atoms with van der Waals surface area (Å²) in [6.45, 7) is 4.67. The third-order valence-electron chi connectivity index (χ3n) is 5.50. The normalized spacial score (nSPS) is 16.1. The lowest BCUT2D eigenvalue weighted by atomic mass is 10.1. The van der Waals surface area contributed by atoms with E-state index in [1.54, 1.807) is 6.92 Å². The van der Waals surface area contributed by atoms with Gasteiger partial charge in [-0.25, -0.2) is 4.79 Å². The molecule has 0 saturated heterocycles. The molecule has 3 rings (SSSR count). The van der Waals surface area contributed by atoms with E-state index in [0.717, 1.165) is 15.0 Å². The Morgan fingerprint density at radius 3 is 2.50 bits per heavy atom. The molecule has 28 heavy (non-hydrogen) atoms. The molecule has 0 amide bonds. The van der Waals surface area contributed by atoms with E-state index in [2.05, 4.69) is 5.32 Å². The van der Waals surface area contributed by atoms with Gasteiger partial charge in [-0.05, 0) is 31.7 Å². The van der Waals surface area contributed by atoms with Crippen LogP contribution in [0.2, 0.25) is 0 Å². The van der Waals surface area contributed by atoms with Gasteiger partial charge in [0.25, 0.3) is 5.56 Å². The Labute approximate surface area is 164 Å². The van der Waals surface area contributed by atoms with Gasteiger partial charge in [0.2, 0.25) is 0 Å². The van der Waals surface area contributed by atoms with Crippen molar-refractivity contribution < 1.29 is 13.2 Å². The van der Waals surface area contributed by atoms with Crippen LogP contribution in [0.1, 0.15) is 43.0 Å².